The summed E-state index contributed by atoms with van der Waals surface area (Å²) in [6, 6.07) is 6.15. The third-order valence-corrected chi connectivity index (χ3v) is 2.16. The van der Waals surface area contributed by atoms with E-state index in [-0.39, 0.29) is 12.2 Å². The third kappa shape index (κ3) is 2.53. The summed E-state index contributed by atoms with van der Waals surface area (Å²) in [4.78, 5) is 14.4. The molecule has 0 amide bonds. The van der Waals surface area contributed by atoms with E-state index < -0.39 is 0 Å². The Balaban J connectivity index is 2.08. The second kappa shape index (κ2) is 4.70. The highest BCUT2D eigenvalue weighted by molar-refractivity contribution is 5.53. The summed E-state index contributed by atoms with van der Waals surface area (Å²) in [7, 11) is 0. The van der Waals surface area contributed by atoms with Crippen molar-refractivity contribution in [3.8, 4) is 0 Å². The molecule has 16 heavy (non-hydrogen) atoms. The molecule has 0 spiro atoms. The lowest BCUT2D eigenvalue weighted by Crippen LogP contribution is -1.90. The SMILES string of the molecule is O=CCc1coc(Cc2ccc(F)cc2)n1. The summed E-state index contributed by atoms with van der Waals surface area (Å²) in [5.74, 6) is 0.265. The van der Waals surface area contributed by atoms with Crippen LogP contribution in [0.15, 0.2) is 34.9 Å². The smallest absolute Gasteiger partial charge is 0.198 e. The van der Waals surface area contributed by atoms with Gasteiger partial charge in [-0.05, 0) is 17.7 Å². The lowest BCUT2D eigenvalue weighted by molar-refractivity contribution is -0.107. The van der Waals surface area contributed by atoms with Crippen LogP contribution in [0.1, 0.15) is 17.1 Å². The lowest BCUT2D eigenvalue weighted by atomic mass is 10.1. The fraction of sp³-hybridized carbons (Fsp3) is 0.167. The Bertz CT molecular complexity index is 476. The first-order valence-corrected chi connectivity index (χ1v) is 4.89. The van der Waals surface area contributed by atoms with Crippen molar-refractivity contribution >= 4 is 6.29 Å². The monoisotopic (exact) mass is 219 g/mol. The maximum absolute atomic E-state index is 12.7. The Morgan fingerprint density at radius 1 is 1.31 bits per heavy atom. The van der Waals surface area contributed by atoms with Gasteiger partial charge in [-0.2, -0.15) is 0 Å². The molecule has 0 aliphatic rings. The van der Waals surface area contributed by atoms with Crippen molar-refractivity contribution in [1.29, 1.82) is 0 Å². The summed E-state index contributed by atoms with van der Waals surface area (Å²) in [5.41, 5.74) is 1.54. The average molecular weight is 219 g/mol. The maximum Gasteiger partial charge on any atom is 0.198 e. The van der Waals surface area contributed by atoms with Crippen LogP contribution >= 0.6 is 0 Å². The van der Waals surface area contributed by atoms with Gasteiger partial charge in [-0.15, -0.1) is 0 Å². The van der Waals surface area contributed by atoms with Crippen molar-refractivity contribution in [3.63, 3.8) is 0 Å². The number of hydrogen-bond donors (Lipinski definition) is 0. The molecule has 2 aromatic rings. The molecule has 0 aliphatic heterocycles. The Hall–Kier alpha value is -1.97. The number of aldehydes is 1. The van der Waals surface area contributed by atoms with E-state index in [1.807, 2.05) is 0 Å². The lowest BCUT2D eigenvalue weighted by Gasteiger charge is -1.96. The van der Waals surface area contributed by atoms with E-state index in [1.54, 1.807) is 12.1 Å². The number of carbonyl (C=O) groups excluding carboxylic acids is 1. The van der Waals surface area contributed by atoms with Crippen molar-refractivity contribution in [2.24, 2.45) is 0 Å². The first-order chi connectivity index (χ1) is 7.78. The Morgan fingerprint density at radius 2 is 2.06 bits per heavy atom. The molecule has 0 fully saturated rings. The van der Waals surface area contributed by atoms with Crippen LogP contribution in [0, 0.1) is 5.82 Å². The van der Waals surface area contributed by atoms with Crippen molar-refractivity contribution in [2.75, 3.05) is 0 Å². The number of aromatic nitrogens is 1. The quantitative estimate of drug-likeness (QED) is 0.740. The van der Waals surface area contributed by atoms with Gasteiger partial charge < -0.3 is 9.21 Å². The van der Waals surface area contributed by atoms with Crippen LogP contribution < -0.4 is 0 Å². The van der Waals surface area contributed by atoms with Crippen molar-refractivity contribution in [1.82, 2.24) is 4.98 Å². The standard InChI is InChI=1S/C12H10FNO2/c13-10-3-1-9(2-4-10)7-12-14-11(5-6-15)8-16-12/h1-4,6,8H,5,7H2. The van der Waals surface area contributed by atoms with Gasteiger partial charge in [0.1, 0.15) is 18.4 Å². The van der Waals surface area contributed by atoms with Crippen molar-refractivity contribution < 1.29 is 13.6 Å². The van der Waals surface area contributed by atoms with Crippen molar-refractivity contribution in [3.05, 3.63) is 53.5 Å². The Morgan fingerprint density at radius 3 is 2.75 bits per heavy atom. The van der Waals surface area contributed by atoms with E-state index in [2.05, 4.69) is 4.98 Å². The zero-order chi connectivity index (χ0) is 11.4. The van der Waals surface area contributed by atoms with Crippen LogP contribution in [-0.2, 0) is 17.6 Å². The minimum Gasteiger partial charge on any atom is -0.448 e. The maximum atomic E-state index is 12.7. The fourth-order valence-electron chi connectivity index (χ4n) is 1.39. The first-order valence-electron chi connectivity index (χ1n) is 4.89. The molecule has 3 nitrogen and oxygen atoms in total. The molecule has 4 heteroatoms. The number of hydrogen-bond acceptors (Lipinski definition) is 3. The summed E-state index contributed by atoms with van der Waals surface area (Å²) >= 11 is 0. The van der Waals surface area contributed by atoms with E-state index in [0.29, 0.717) is 18.0 Å². The molecule has 0 bridgehead atoms. The molecular formula is C12H10FNO2. The highest BCUT2D eigenvalue weighted by atomic mass is 19.1. The molecule has 0 atom stereocenters. The Kier molecular flexibility index (Phi) is 3.10. The van der Waals surface area contributed by atoms with Crippen LogP contribution in [-0.4, -0.2) is 11.3 Å². The number of nitrogens with zero attached hydrogens (tertiary/aromatic N) is 1. The topological polar surface area (TPSA) is 43.1 Å². The fourth-order valence-corrected chi connectivity index (χ4v) is 1.39. The van der Waals surface area contributed by atoms with Gasteiger partial charge in [-0.1, -0.05) is 12.1 Å². The molecule has 0 saturated heterocycles. The Labute approximate surface area is 91.9 Å². The molecule has 0 unspecified atom stereocenters. The molecule has 1 heterocycles. The van der Waals surface area contributed by atoms with E-state index in [9.17, 15) is 9.18 Å². The van der Waals surface area contributed by atoms with Gasteiger partial charge in [0, 0.05) is 12.8 Å². The number of carbonyl (C=O) groups is 1. The second-order valence-corrected chi connectivity index (χ2v) is 3.41. The van der Waals surface area contributed by atoms with Crippen molar-refractivity contribution in [2.45, 2.75) is 12.8 Å². The predicted octanol–water partition coefficient (Wildman–Crippen LogP) is 2.15. The summed E-state index contributed by atoms with van der Waals surface area (Å²) in [6.45, 7) is 0. The van der Waals surface area contributed by atoms with Gasteiger partial charge in [-0.25, -0.2) is 9.37 Å². The summed E-state index contributed by atoms with van der Waals surface area (Å²) in [6.07, 6.45) is 3.00. The molecule has 0 aliphatic carbocycles. The summed E-state index contributed by atoms with van der Waals surface area (Å²) in [5, 5.41) is 0. The average Bonchev–Trinajstić information content (AvgIpc) is 2.70. The van der Waals surface area contributed by atoms with Gasteiger partial charge in [0.05, 0.1) is 5.69 Å². The minimum atomic E-state index is -0.266. The zero-order valence-electron chi connectivity index (χ0n) is 8.52. The molecule has 0 N–H and O–H groups in total. The van der Waals surface area contributed by atoms with Crippen LogP contribution in [0.5, 0.6) is 0 Å². The van der Waals surface area contributed by atoms with Gasteiger partial charge >= 0.3 is 0 Å². The normalized spacial score (nSPS) is 10.3. The molecule has 0 saturated carbocycles. The van der Waals surface area contributed by atoms with E-state index >= 15 is 0 Å². The zero-order valence-corrected chi connectivity index (χ0v) is 8.52. The highest BCUT2D eigenvalue weighted by Gasteiger charge is 2.04. The molecule has 82 valence electrons. The second-order valence-electron chi connectivity index (χ2n) is 3.41. The van der Waals surface area contributed by atoms with Gasteiger partial charge in [0.25, 0.3) is 0 Å². The molecule has 0 radical (unpaired) electrons. The largest absolute Gasteiger partial charge is 0.448 e. The molecular weight excluding hydrogens is 209 g/mol. The van der Waals surface area contributed by atoms with E-state index in [1.165, 1.54) is 18.4 Å². The predicted molar refractivity (Wildman–Crippen MR) is 55.5 cm³/mol. The number of benzene rings is 1. The summed E-state index contributed by atoms with van der Waals surface area (Å²) < 4.78 is 17.8. The van der Waals surface area contributed by atoms with Gasteiger partial charge in [0.2, 0.25) is 0 Å². The molecule has 1 aromatic heterocycles. The van der Waals surface area contributed by atoms with E-state index in [4.69, 9.17) is 4.42 Å². The van der Waals surface area contributed by atoms with E-state index in [0.717, 1.165) is 11.8 Å². The first kappa shape index (κ1) is 10.5. The molecule has 2 rings (SSSR count). The number of rotatable bonds is 4. The van der Waals surface area contributed by atoms with Gasteiger partial charge in [-0.3, -0.25) is 0 Å². The number of oxazole rings is 1. The van der Waals surface area contributed by atoms with Crippen LogP contribution in [0.3, 0.4) is 0 Å². The van der Waals surface area contributed by atoms with Crippen LogP contribution in [0.4, 0.5) is 4.39 Å². The van der Waals surface area contributed by atoms with Gasteiger partial charge in [0.15, 0.2) is 5.89 Å². The van der Waals surface area contributed by atoms with Crippen LogP contribution in [0.25, 0.3) is 0 Å². The highest BCUT2D eigenvalue weighted by Crippen LogP contribution is 2.10. The number of halogens is 1. The minimum absolute atomic E-state index is 0.257. The third-order valence-electron chi connectivity index (χ3n) is 2.16. The molecule has 1 aromatic carbocycles. The van der Waals surface area contributed by atoms with Crippen LogP contribution in [0.2, 0.25) is 0 Å².